The zero-order chi connectivity index (χ0) is 15.5. The maximum absolute atomic E-state index is 12.4. The van der Waals surface area contributed by atoms with Gasteiger partial charge in [-0.05, 0) is 0 Å². The molecule has 0 bridgehead atoms. The molecular weight excluding hydrogens is 291 g/mol. The lowest BCUT2D eigenvalue weighted by molar-refractivity contribution is -0.119. The number of hydrazine groups is 1. The fraction of sp³-hybridized carbons (Fsp3) is 0.700. The van der Waals surface area contributed by atoms with Crippen molar-refractivity contribution < 1.29 is 17.9 Å². The number of halogens is 3. The molecule has 0 saturated carbocycles. The number of nitrogen functional groups attached to an aromatic ring is 1. The Morgan fingerprint density at radius 3 is 2.52 bits per heavy atom. The molecular formula is C10H16F3N7O. The summed E-state index contributed by atoms with van der Waals surface area (Å²) in [7, 11) is 1.26. The normalized spacial score (nSPS) is 16.0. The molecule has 1 aliphatic heterocycles. The van der Waals surface area contributed by atoms with Crippen LogP contribution in [0.5, 0.6) is 0 Å². The SMILES string of the molecule is CN(CC(F)(F)F)c1nc(NN)nc(N2CCOCC2)n1. The number of alkyl halides is 3. The van der Waals surface area contributed by atoms with Crippen molar-refractivity contribution in [2.24, 2.45) is 5.84 Å². The van der Waals surface area contributed by atoms with Crippen LogP contribution in [0.1, 0.15) is 0 Å². The lowest BCUT2D eigenvalue weighted by Crippen LogP contribution is -2.38. The number of hydrogen-bond acceptors (Lipinski definition) is 8. The summed E-state index contributed by atoms with van der Waals surface area (Å²) in [6.07, 6.45) is -4.35. The molecule has 0 atom stereocenters. The summed E-state index contributed by atoms with van der Waals surface area (Å²) in [6.45, 7) is 0.950. The van der Waals surface area contributed by atoms with Crippen LogP contribution in [0.3, 0.4) is 0 Å². The van der Waals surface area contributed by atoms with Crippen molar-refractivity contribution in [3.63, 3.8) is 0 Å². The van der Waals surface area contributed by atoms with Gasteiger partial charge in [0.25, 0.3) is 0 Å². The number of morpholine rings is 1. The number of nitrogens with one attached hydrogen (secondary N) is 1. The summed E-state index contributed by atoms with van der Waals surface area (Å²) in [4.78, 5) is 14.7. The largest absolute Gasteiger partial charge is 0.406 e. The van der Waals surface area contributed by atoms with Crippen LogP contribution >= 0.6 is 0 Å². The summed E-state index contributed by atoms with van der Waals surface area (Å²) in [6, 6.07) is 0. The van der Waals surface area contributed by atoms with Gasteiger partial charge in [-0.15, -0.1) is 0 Å². The minimum absolute atomic E-state index is 0.00974. The van der Waals surface area contributed by atoms with Crippen LogP contribution in [0.25, 0.3) is 0 Å². The molecule has 3 N–H and O–H groups in total. The quantitative estimate of drug-likeness (QED) is 0.593. The highest BCUT2D eigenvalue weighted by atomic mass is 19.4. The zero-order valence-electron chi connectivity index (χ0n) is 11.4. The van der Waals surface area contributed by atoms with Crippen molar-refractivity contribution >= 4 is 17.8 Å². The molecule has 1 fully saturated rings. The van der Waals surface area contributed by atoms with Crippen LogP contribution < -0.4 is 21.1 Å². The lowest BCUT2D eigenvalue weighted by atomic mass is 10.4. The molecule has 1 aliphatic rings. The van der Waals surface area contributed by atoms with E-state index >= 15 is 0 Å². The van der Waals surface area contributed by atoms with E-state index in [-0.39, 0.29) is 17.8 Å². The second-order valence-electron chi connectivity index (χ2n) is 4.47. The van der Waals surface area contributed by atoms with E-state index in [0.29, 0.717) is 26.3 Å². The molecule has 2 heterocycles. The predicted molar refractivity (Wildman–Crippen MR) is 70.0 cm³/mol. The Hall–Kier alpha value is -1.88. The molecule has 0 amide bonds. The second kappa shape index (κ2) is 6.26. The van der Waals surface area contributed by atoms with Gasteiger partial charge in [0.05, 0.1) is 13.2 Å². The van der Waals surface area contributed by atoms with Gasteiger partial charge in [-0.2, -0.15) is 28.1 Å². The van der Waals surface area contributed by atoms with Crippen LogP contribution in [-0.2, 0) is 4.74 Å². The highest BCUT2D eigenvalue weighted by Crippen LogP contribution is 2.21. The molecule has 1 saturated heterocycles. The first-order chi connectivity index (χ1) is 9.89. The molecule has 0 spiro atoms. The fourth-order valence-corrected chi connectivity index (χ4v) is 1.83. The zero-order valence-corrected chi connectivity index (χ0v) is 11.4. The Labute approximate surface area is 119 Å². The number of anilines is 3. The summed E-state index contributed by atoms with van der Waals surface area (Å²) in [5.74, 6) is 5.44. The lowest BCUT2D eigenvalue weighted by Gasteiger charge is -2.28. The molecule has 21 heavy (non-hydrogen) atoms. The predicted octanol–water partition coefficient (Wildman–Crippen LogP) is -0.00770. The van der Waals surface area contributed by atoms with Gasteiger partial charge < -0.3 is 14.5 Å². The van der Waals surface area contributed by atoms with Gasteiger partial charge in [-0.1, -0.05) is 0 Å². The van der Waals surface area contributed by atoms with E-state index in [1.165, 1.54) is 7.05 Å². The Bertz CT molecular complexity index is 478. The van der Waals surface area contributed by atoms with Crippen LogP contribution in [0.2, 0.25) is 0 Å². The van der Waals surface area contributed by atoms with Crippen molar-refractivity contribution in [1.82, 2.24) is 15.0 Å². The maximum Gasteiger partial charge on any atom is 0.406 e. The molecule has 0 aliphatic carbocycles. The van der Waals surface area contributed by atoms with Crippen molar-refractivity contribution in [1.29, 1.82) is 0 Å². The number of ether oxygens (including phenoxy) is 1. The Kier molecular flexibility index (Phi) is 4.63. The van der Waals surface area contributed by atoms with Gasteiger partial charge in [0.15, 0.2) is 0 Å². The van der Waals surface area contributed by atoms with Crippen molar-refractivity contribution in [2.45, 2.75) is 6.18 Å². The summed E-state index contributed by atoms with van der Waals surface area (Å²) in [5.41, 5.74) is 2.24. The minimum Gasteiger partial charge on any atom is -0.378 e. The van der Waals surface area contributed by atoms with Gasteiger partial charge in [0.2, 0.25) is 17.8 Å². The first kappa shape index (κ1) is 15.5. The topological polar surface area (TPSA) is 92.4 Å². The summed E-state index contributed by atoms with van der Waals surface area (Å²) >= 11 is 0. The smallest absolute Gasteiger partial charge is 0.378 e. The molecule has 1 aromatic heterocycles. The first-order valence-corrected chi connectivity index (χ1v) is 6.22. The Balaban J connectivity index is 2.24. The molecule has 8 nitrogen and oxygen atoms in total. The van der Waals surface area contributed by atoms with Gasteiger partial charge in [-0.3, -0.25) is 5.43 Å². The van der Waals surface area contributed by atoms with Gasteiger partial charge >= 0.3 is 6.18 Å². The van der Waals surface area contributed by atoms with Crippen molar-refractivity contribution in [2.75, 3.05) is 55.1 Å². The van der Waals surface area contributed by atoms with E-state index in [0.717, 1.165) is 4.90 Å². The van der Waals surface area contributed by atoms with Gasteiger partial charge in [-0.25, -0.2) is 5.84 Å². The minimum atomic E-state index is -4.35. The Morgan fingerprint density at radius 2 is 1.95 bits per heavy atom. The number of rotatable bonds is 4. The monoisotopic (exact) mass is 307 g/mol. The molecule has 1 aromatic rings. The standard InChI is InChI=1S/C10H16F3N7O/c1-19(6-10(11,12)13)8-15-7(18-14)16-9(17-8)20-2-4-21-5-3-20/h2-6,14H2,1H3,(H,15,16,17,18). The van der Waals surface area contributed by atoms with E-state index in [1.54, 1.807) is 4.90 Å². The van der Waals surface area contributed by atoms with Crippen LogP contribution in [0.4, 0.5) is 31.0 Å². The number of nitrogens with zero attached hydrogens (tertiary/aromatic N) is 5. The number of aromatic nitrogens is 3. The molecule has 118 valence electrons. The third-order valence-corrected chi connectivity index (χ3v) is 2.79. The van der Waals surface area contributed by atoms with E-state index in [2.05, 4.69) is 20.4 Å². The number of nitrogens with two attached hydrogens (primary N) is 1. The molecule has 0 aromatic carbocycles. The van der Waals surface area contributed by atoms with Crippen LogP contribution in [0.15, 0.2) is 0 Å². The van der Waals surface area contributed by atoms with Gasteiger partial charge in [0.1, 0.15) is 6.54 Å². The summed E-state index contributed by atoms with van der Waals surface area (Å²) < 4.78 is 42.6. The van der Waals surface area contributed by atoms with Crippen molar-refractivity contribution in [3.8, 4) is 0 Å². The fourth-order valence-electron chi connectivity index (χ4n) is 1.83. The highest BCUT2D eigenvalue weighted by Gasteiger charge is 2.31. The third kappa shape index (κ3) is 4.29. The summed E-state index contributed by atoms with van der Waals surface area (Å²) in [5, 5.41) is 0. The average molecular weight is 307 g/mol. The maximum atomic E-state index is 12.4. The molecule has 0 unspecified atom stereocenters. The van der Waals surface area contributed by atoms with E-state index < -0.39 is 12.7 Å². The van der Waals surface area contributed by atoms with Crippen molar-refractivity contribution in [3.05, 3.63) is 0 Å². The van der Waals surface area contributed by atoms with E-state index in [4.69, 9.17) is 10.6 Å². The third-order valence-electron chi connectivity index (χ3n) is 2.79. The average Bonchev–Trinajstić information content (AvgIpc) is 2.46. The Morgan fingerprint density at radius 1 is 1.29 bits per heavy atom. The van der Waals surface area contributed by atoms with Gasteiger partial charge in [0, 0.05) is 20.1 Å². The number of hydrogen-bond donors (Lipinski definition) is 2. The van der Waals surface area contributed by atoms with E-state index in [9.17, 15) is 13.2 Å². The van der Waals surface area contributed by atoms with Crippen LogP contribution in [-0.4, -0.2) is 61.0 Å². The highest BCUT2D eigenvalue weighted by molar-refractivity contribution is 5.44. The second-order valence-corrected chi connectivity index (χ2v) is 4.47. The van der Waals surface area contributed by atoms with E-state index in [1.807, 2.05) is 0 Å². The first-order valence-electron chi connectivity index (χ1n) is 6.22. The van der Waals surface area contributed by atoms with Crippen LogP contribution in [0, 0.1) is 0 Å². The molecule has 11 heteroatoms. The molecule has 2 rings (SSSR count). The molecule has 0 radical (unpaired) electrons.